The molecule has 1 aliphatic carbocycles. The van der Waals surface area contributed by atoms with Gasteiger partial charge in [-0.3, -0.25) is 4.79 Å². The first-order valence-electron chi connectivity index (χ1n) is 10.5. The van der Waals surface area contributed by atoms with Crippen LogP contribution < -0.4 is 5.32 Å². The van der Waals surface area contributed by atoms with E-state index in [-0.39, 0.29) is 24.3 Å². The molecule has 0 unspecified atom stereocenters. The van der Waals surface area contributed by atoms with Gasteiger partial charge in [-0.15, -0.1) is 0 Å². The maximum Gasteiger partial charge on any atom is 0.354 e. The quantitative estimate of drug-likeness (QED) is 0.274. The van der Waals surface area contributed by atoms with Crippen LogP contribution in [0.4, 0.5) is 0 Å². The fraction of sp³-hybridized carbons (Fsp3) is 0.762. The van der Waals surface area contributed by atoms with E-state index in [9.17, 15) is 14.4 Å². The number of hydrogen-bond donors (Lipinski definition) is 1. The molecular weight excluding hydrogens is 362 g/mol. The van der Waals surface area contributed by atoms with Gasteiger partial charge in [0.1, 0.15) is 18.1 Å². The van der Waals surface area contributed by atoms with Gasteiger partial charge in [-0.2, -0.15) is 0 Å². The highest BCUT2D eigenvalue weighted by atomic mass is 16.6. The van der Waals surface area contributed by atoms with Crippen LogP contribution in [0.3, 0.4) is 0 Å². The highest BCUT2D eigenvalue weighted by molar-refractivity contribution is 5.88. The third-order valence-corrected chi connectivity index (χ3v) is 4.61. The average Bonchev–Trinajstić information content (AvgIpc) is 2.70. The number of Topliss-reactive ketones (excluding diaryl/α,β-unsaturated/α-hetero) is 1. The Morgan fingerprint density at radius 1 is 1.04 bits per heavy atom. The van der Waals surface area contributed by atoms with E-state index < -0.39 is 5.97 Å². The number of ether oxygens (including phenoxy) is 3. The smallest absolute Gasteiger partial charge is 0.354 e. The first-order chi connectivity index (χ1) is 13.6. The number of esters is 2. The van der Waals surface area contributed by atoms with E-state index in [0.717, 1.165) is 25.7 Å². The van der Waals surface area contributed by atoms with Gasteiger partial charge >= 0.3 is 11.9 Å². The Morgan fingerprint density at radius 2 is 1.75 bits per heavy atom. The van der Waals surface area contributed by atoms with Crippen molar-refractivity contribution in [3.05, 3.63) is 11.8 Å². The summed E-state index contributed by atoms with van der Waals surface area (Å²) in [6.45, 7) is 4.89. The van der Waals surface area contributed by atoms with Crippen molar-refractivity contribution in [1.29, 1.82) is 0 Å². The van der Waals surface area contributed by atoms with Gasteiger partial charge in [0.2, 0.25) is 0 Å². The van der Waals surface area contributed by atoms with Crippen LogP contribution in [-0.4, -0.2) is 50.7 Å². The number of hydrogen-bond acceptors (Lipinski definition) is 7. The van der Waals surface area contributed by atoms with Crippen LogP contribution in [0.15, 0.2) is 11.8 Å². The Bertz CT molecular complexity index is 511. The van der Waals surface area contributed by atoms with Crippen molar-refractivity contribution in [3.63, 3.8) is 0 Å². The lowest BCUT2D eigenvalue weighted by Crippen LogP contribution is -2.27. The second-order valence-electron chi connectivity index (χ2n) is 6.82. The van der Waals surface area contributed by atoms with Crippen LogP contribution in [-0.2, 0) is 28.6 Å². The second-order valence-corrected chi connectivity index (χ2v) is 6.82. The maximum absolute atomic E-state index is 12.3. The molecule has 1 rings (SSSR count). The lowest BCUT2D eigenvalue weighted by molar-refractivity contribution is -0.148. The standard InChI is InChI=1S/C21H35NO6/c1-3-27-20(24)16-26-15-9-8-12-18(21(25)28-4-2)22-14-13-19(23)17-10-6-5-7-11-17/h12,17,22H,3-11,13-16H2,1-2H3/b18-12+. The first-order valence-corrected chi connectivity index (χ1v) is 10.5. The summed E-state index contributed by atoms with van der Waals surface area (Å²) in [6, 6.07) is 0. The SMILES string of the molecule is CCOC(=O)COCCC/C=C(/NCCC(=O)C1CCCCC1)C(=O)OCC. The monoisotopic (exact) mass is 397 g/mol. The molecular formula is C21H35NO6. The third-order valence-electron chi connectivity index (χ3n) is 4.61. The van der Waals surface area contributed by atoms with E-state index in [0.29, 0.717) is 51.3 Å². The molecule has 0 bridgehead atoms. The van der Waals surface area contributed by atoms with Crippen LogP contribution in [0, 0.1) is 5.92 Å². The van der Waals surface area contributed by atoms with Gasteiger partial charge in [0, 0.05) is 25.5 Å². The van der Waals surface area contributed by atoms with Crippen molar-refractivity contribution in [2.24, 2.45) is 5.92 Å². The zero-order chi connectivity index (χ0) is 20.6. The number of unbranched alkanes of at least 4 members (excludes halogenated alkanes) is 1. The number of ketones is 1. The fourth-order valence-corrected chi connectivity index (χ4v) is 3.18. The van der Waals surface area contributed by atoms with Crippen molar-refractivity contribution in [1.82, 2.24) is 5.32 Å². The van der Waals surface area contributed by atoms with Gasteiger partial charge in [-0.05, 0) is 39.5 Å². The number of carbonyl (C=O) groups is 3. The number of rotatable bonds is 14. The van der Waals surface area contributed by atoms with Gasteiger partial charge in [0.05, 0.1) is 13.2 Å². The van der Waals surface area contributed by atoms with E-state index in [1.807, 2.05) is 0 Å². The molecule has 0 radical (unpaired) electrons. The molecule has 0 heterocycles. The predicted molar refractivity (Wildman–Crippen MR) is 106 cm³/mol. The summed E-state index contributed by atoms with van der Waals surface area (Å²) in [6.07, 6.45) is 8.91. The molecule has 0 spiro atoms. The minimum atomic E-state index is -0.417. The highest BCUT2D eigenvalue weighted by Crippen LogP contribution is 2.25. The van der Waals surface area contributed by atoms with Gasteiger partial charge in [-0.25, -0.2) is 9.59 Å². The van der Waals surface area contributed by atoms with Crippen LogP contribution in [0.5, 0.6) is 0 Å². The maximum atomic E-state index is 12.3. The molecule has 0 atom stereocenters. The van der Waals surface area contributed by atoms with E-state index in [1.165, 1.54) is 6.42 Å². The summed E-state index contributed by atoms with van der Waals surface area (Å²) in [4.78, 5) is 35.5. The van der Waals surface area contributed by atoms with Crippen molar-refractivity contribution in [3.8, 4) is 0 Å². The molecule has 0 aromatic heterocycles. The van der Waals surface area contributed by atoms with Gasteiger partial charge < -0.3 is 19.5 Å². The van der Waals surface area contributed by atoms with Crippen molar-refractivity contribution < 1.29 is 28.6 Å². The zero-order valence-corrected chi connectivity index (χ0v) is 17.3. The summed E-state index contributed by atoms with van der Waals surface area (Å²) in [5.41, 5.74) is 0.378. The molecule has 0 aromatic rings. The molecule has 0 amide bonds. The topological polar surface area (TPSA) is 90.9 Å². The molecule has 1 saturated carbocycles. The molecule has 1 N–H and O–H groups in total. The summed E-state index contributed by atoms with van der Waals surface area (Å²) in [5, 5.41) is 3.05. The summed E-state index contributed by atoms with van der Waals surface area (Å²) in [5.74, 6) is -0.334. The Kier molecular flexibility index (Phi) is 13.0. The summed E-state index contributed by atoms with van der Waals surface area (Å²) in [7, 11) is 0. The normalized spacial score (nSPS) is 15.1. The van der Waals surface area contributed by atoms with Crippen LogP contribution >= 0.6 is 0 Å². The molecule has 1 aliphatic rings. The molecule has 7 heteroatoms. The Labute approximate surface area is 168 Å². The fourth-order valence-electron chi connectivity index (χ4n) is 3.18. The minimum Gasteiger partial charge on any atom is -0.464 e. The molecule has 7 nitrogen and oxygen atoms in total. The number of carbonyl (C=O) groups excluding carboxylic acids is 3. The Balaban J connectivity index is 2.34. The second kappa shape index (κ2) is 15.1. The lowest BCUT2D eigenvalue weighted by Gasteiger charge is -2.20. The van der Waals surface area contributed by atoms with Crippen molar-refractivity contribution in [2.45, 2.75) is 65.2 Å². The number of nitrogens with one attached hydrogen (secondary N) is 1. The van der Waals surface area contributed by atoms with Crippen LogP contribution in [0.1, 0.15) is 65.2 Å². The minimum absolute atomic E-state index is 0.0657. The highest BCUT2D eigenvalue weighted by Gasteiger charge is 2.20. The molecule has 0 aliphatic heterocycles. The molecule has 0 aromatic carbocycles. The Hall–Kier alpha value is -1.89. The zero-order valence-electron chi connectivity index (χ0n) is 17.3. The third kappa shape index (κ3) is 10.4. The number of allylic oxidation sites excluding steroid dienone is 1. The van der Waals surface area contributed by atoms with Crippen LogP contribution in [0.2, 0.25) is 0 Å². The van der Waals surface area contributed by atoms with Gasteiger partial charge in [0.25, 0.3) is 0 Å². The van der Waals surface area contributed by atoms with Crippen molar-refractivity contribution in [2.75, 3.05) is 33.0 Å². The van der Waals surface area contributed by atoms with E-state index >= 15 is 0 Å². The van der Waals surface area contributed by atoms with E-state index in [1.54, 1.807) is 19.9 Å². The molecule has 0 saturated heterocycles. The van der Waals surface area contributed by atoms with Gasteiger partial charge in [-0.1, -0.05) is 25.3 Å². The first kappa shape index (κ1) is 24.1. The molecule has 28 heavy (non-hydrogen) atoms. The van der Waals surface area contributed by atoms with Crippen molar-refractivity contribution >= 4 is 17.7 Å². The van der Waals surface area contributed by atoms with E-state index in [2.05, 4.69) is 5.32 Å². The predicted octanol–water partition coefficient (Wildman–Crippen LogP) is 2.92. The average molecular weight is 398 g/mol. The Morgan fingerprint density at radius 3 is 2.43 bits per heavy atom. The van der Waals surface area contributed by atoms with Gasteiger partial charge in [0.15, 0.2) is 0 Å². The summed E-state index contributed by atoms with van der Waals surface area (Å²) < 4.78 is 15.1. The van der Waals surface area contributed by atoms with Crippen LogP contribution in [0.25, 0.3) is 0 Å². The molecule has 1 fully saturated rings. The summed E-state index contributed by atoms with van der Waals surface area (Å²) >= 11 is 0. The van der Waals surface area contributed by atoms with E-state index in [4.69, 9.17) is 14.2 Å². The lowest BCUT2D eigenvalue weighted by atomic mass is 9.85. The largest absolute Gasteiger partial charge is 0.464 e. The molecule has 160 valence electrons.